The first-order valence-corrected chi connectivity index (χ1v) is 19.3. The Bertz CT molecular complexity index is 3210. The SMILES string of the molecule is c1ccc(-c2cc(-c3ccccc3)nc(-c3cccc(-c4ccc5nc(-c6ccccc6)c6cc7c(cc6c5c4)c4ccccc4n7-c4ccccc4)c3)n2)cc1. The van der Waals surface area contributed by atoms with E-state index in [1.54, 1.807) is 0 Å². The van der Waals surface area contributed by atoms with Gasteiger partial charge in [-0.25, -0.2) is 15.0 Å². The minimum atomic E-state index is 0.690. The number of benzene rings is 8. The minimum absolute atomic E-state index is 0.690. The van der Waals surface area contributed by atoms with E-state index < -0.39 is 0 Å². The van der Waals surface area contributed by atoms with Crippen molar-refractivity contribution in [3.05, 3.63) is 206 Å². The molecule has 57 heavy (non-hydrogen) atoms. The molecule has 0 unspecified atom stereocenters. The molecular weight excluding hydrogens is 693 g/mol. The highest BCUT2D eigenvalue weighted by Crippen LogP contribution is 2.41. The molecule has 3 heterocycles. The summed E-state index contributed by atoms with van der Waals surface area (Å²) < 4.78 is 2.38. The predicted octanol–water partition coefficient (Wildman–Crippen LogP) is 13.6. The maximum absolute atomic E-state index is 5.38. The topological polar surface area (TPSA) is 43.6 Å². The molecule has 0 aliphatic rings. The van der Waals surface area contributed by atoms with E-state index in [4.69, 9.17) is 15.0 Å². The number of hydrogen-bond donors (Lipinski definition) is 0. The van der Waals surface area contributed by atoms with E-state index in [0.29, 0.717) is 5.82 Å². The van der Waals surface area contributed by atoms with Crippen molar-refractivity contribution < 1.29 is 0 Å². The van der Waals surface area contributed by atoms with Crippen LogP contribution in [0, 0.1) is 0 Å². The Morgan fingerprint density at radius 1 is 0.298 bits per heavy atom. The lowest BCUT2D eigenvalue weighted by molar-refractivity contribution is 1.18. The van der Waals surface area contributed by atoms with Crippen LogP contribution in [0.1, 0.15) is 0 Å². The van der Waals surface area contributed by atoms with Gasteiger partial charge in [-0.05, 0) is 71.1 Å². The molecule has 0 saturated carbocycles. The van der Waals surface area contributed by atoms with Gasteiger partial charge in [-0.15, -0.1) is 0 Å². The fourth-order valence-corrected chi connectivity index (χ4v) is 8.24. The first kappa shape index (κ1) is 32.7. The molecule has 0 radical (unpaired) electrons. The Kier molecular flexibility index (Phi) is 7.78. The van der Waals surface area contributed by atoms with Crippen LogP contribution < -0.4 is 0 Å². The standard InChI is InChI=1S/C53H34N4/c1-5-16-35(17-6-1)48-34-49(36-18-7-2-8-19-36)56-53(55-48)40-23-15-22-38(30-40)39-28-29-47-44(31-39)43-32-45-42-26-13-14-27-50(42)57(41-24-11-4-12-25-41)51(45)33-46(43)52(54-47)37-20-9-3-10-21-37/h1-34H. The minimum Gasteiger partial charge on any atom is -0.309 e. The maximum Gasteiger partial charge on any atom is 0.160 e. The van der Waals surface area contributed by atoms with E-state index >= 15 is 0 Å². The van der Waals surface area contributed by atoms with Gasteiger partial charge in [0.2, 0.25) is 0 Å². The van der Waals surface area contributed by atoms with Gasteiger partial charge in [0.25, 0.3) is 0 Å². The second-order valence-electron chi connectivity index (χ2n) is 14.4. The number of aromatic nitrogens is 4. The summed E-state index contributed by atoms with van der Waals surface area (Å²) in [5.74, 6) is 0.690. The molecule has 0 bridgehead atoms. The van der Waals surface area contributed by atoms with Crippen LogP contribution in [0.5, 0.6) is 0 Å². The van der Waals surface area contributed by atoms with Gasteiger partial charge in [-0.1, -0.05) is 152 Å². The lowest BCUT2D eigenvalue weighted by Crippen LogP contribution is -1.96. The summed E-state index contributed by atoms with van der Waals surface area (Å²) in [6.45, 7) is 0. The van der Waals surface area contributed by atoms with Gasteiger partial charge >= 0.3 is 0 Å². The molecule has 0 saturated heterocycles. The summed E-state index contributed by atoms with van der Waals surface area (Å²) in [6.07, 6.45) is 0. The molecule has 3 aromatic heterocycles. The highest BCUT2D eigenvalue weighted by molar-refractivity contribution is 6.20. The van der Waals surface area contributed by atoms with Gasteiger partial charge in [-0.3, -0.25) is 0 Å². The third-order valence-corrected chi connectivity index (χ3v) is 11.0. The number of fused-ring (bicyclic) bond motifs is 6. The van der Waals surface area contributed by atoms with Gasteiger partial charge in [0.1, 0.15) is 0 Å². The molecule has 0 fully saturated rings. The molecule has 11 rings (SSSR count). The molecule has 0 amide bonds. The molecular formula is C53H34N4. The number of para-hydroxylation sites is 2. The molecule has 0 atom stereocenters. The summed E-state index contributed by atoms with van der Waals surface area (Å²) in [7, 11) is 0. The van der Waals surface area contributed by atoms with Crippen molar-refractivity contribution in [2.45, 2.75) is 0 Å². The Labute approximate surface area is 330 Å². The number of rotatable bonds is 6. The van der Waals surface area contributed by atoms with E-state index in [-0.39, 0.29) is 0 Å². The highest BCUT2D eigenvalue weighted by atomic mass is 15.0. The summed E-state index contributed by atoms with van der Waals surface area (Å²) in [6, 6.07) is 72.6. The monoisotopic (exact) mass is 726 g/mol. The Morgan fingerprint density at radius 3 is 1.58 bits per heavy atom. The molecule has 0 aliphatic carbocycles. The zero-order chi connectivity index (χ0) is 37.7. The molecule has 0 aliphatic heterocycles. The summed E-state index contributed by atoms with van der Waals surface area (Å²) >= 11 is 0. The first-order valence-electron chi connectivity index (χ1n) is 19.3. The fourth-order valence-electron chi connectivity index (χ4n) is 8.24. The van der Waals surface area contributed by atoms with Crippen LogP contribution in [0.3, 0.4) is 0 Å². The van der Waals surface area contributed by atoms with Crippen LogP contribution in [0.4, 0.5) is 0 Å². The maximum atomic E-state index is 5.38. The average molecular weight is 727 g/mol. The predicted molar refractivity (Wildman–Crippen MR) is 236 cm³/mol. The van der Waals surface area contributed by atoms with Gasteiger partial charge in [0.15, 0.2) is 5.82 Å². The molecule has 11 aromatic rings. The molecule has 4 heteroatoms. The van der Waals surface area contributed by atoms with Crippen LogP contribution in [-0.4, -0.2) is 19.5 Å². The fraction of sp³-hybridized carbons (Fsp3) is 0. The first-order chi connectivity index (χ1) is 28.2. The van der Waals surface area contributed by atoms with Crippen LogP contribution in [0.25, 0.3) is 105 Å². The van der Waals surface area contributed by atoms with Crippen molar-refractivity contribution >= 4 is 43.5 Å². The molecule has 266 valence electrons. The zero-order valence-electron chi connectivity index (χ0n) is 30.9. The van der Waals surface area contributed by atoms with E-state index in [2.05, 4.69) is 174 Å². The lowest BCUT2D eigenvalue weighted by Gasteiger charge is -2.14. The van der Waals surface area contributed by atoms with Crippen molar-refractivity contribution in [3.63, 3.8) is 0 Å². The highest BCUT2D eigenvalue weighted by Gasteiger charge is 2.18. The van der Waals surface area contributed by atoms with Crippen molar-refractivity contribution in [2.75, 3.05) is 0 Å². The lowest BCUT2D eigenvalue weighted by atomic mass is 9.95. The number of pyridine rings is 1. The number of hydrogen-bond acceptors (Lipinski definition) is 3. The molecule has 0 N–H and O–H groups in total. The second kappa shape index (κ2) is 13.6. The van der Waals surface area contributed by atoms with E-state index in [1.807, 2.05) is 36.4 Å². The van der Waals surface area contributed by atoms with Crippen molar-refractivity contribution in [2.24, 2.45) is 0 Å². The van der Waals surface area contributed by atoms with Crippen molar-refractivity contribution in [1.82, 2.24) is 19.5 Å². The van der Waals surface area contributed by atoms with Crippen molar-refractivity contribution in [1.29, 1.82) is 0 Å². The zero-order valence-corrected chi connectivity index (χ0v) is 30.9. The van der Waals surface area contributed by atoms with E-state index in [0.717, 1.165) is 78.0 Å². The third kappa shape index (κ3) is 5.74. The van der Waals surface area contributed by atoms with Gasteiger partial charge in [0, 0.05) is 49.5 Å². The normalized spacial score (nSPS) is 11.5. The molecule has 0 spiro atoms. The quantitative estimate of drug-likeness (QED) is 0.160. The van der Waals surface area contributed by atoms with E-state index in [1.165, 1.54) is 21.7 Å². The summed E-state index contributed by atoms with van der Waals surface area (Å²) in [5, 5.41) is 5.84. The van der Waals surface area contributed by atoms with Crippen LogP contribution in [0.15, 0.2) is 206 Å². The largest absolute Gasteiger partial charge is 0.309 e. The van der Waals surface area contributed by atoms with Gasteiger partial charge in [-0.2, -0.15) is 0 Å². The Hall–Kier alpha value is -7.69. The van der Waals surface area contributed by atoms with Crippen LogP contribution >= 0.6 is 0 Å². The van der Waals surface area contributed by atoms with Crippen LogP contribution in [-0.2, 0) is 0 Å². The average Bonchev–Trinajstić information content (AvgIpc) is 3.62. The smallest absolute Gasteiger partial charge is 0.160 e. The summed E-state index contributed by atoms with van der Waals surface area (Å²) in [4.78, 5) is 15.6. The number of nitrogens with zero attached hydrogens (tertiary/aromatic N) is 4. The molecule has 8 aromatic carbocycles. The Morgan fingerprint density at radius 2 is 0.877 bits per heavy atom. The van der Waals surface area contributed by atoms with Gasteiger partial charge in [0.05, 0.1) is 33.6 Å². The van der Waals surface area contributed by atoms with Crippen molar-refractivity contribution in [3.8, 4) is 62.0 Å². The third-order valence-electron chi connectivity index (χ3n) is 11.0. The second-order valence-corrected chi connectivity index (χ2v) is 14.4. The van der Waals surface area contributed by atoms with Gasteiger partial charge < -0.3 is 4.57 Å². The van der Waals surface area contributed by atoms with Crippen LogP contribution in [0.2, 0.25) is 0 Å². The summed E-state index contributed by atoms with van der Waals surface area (Å²) in [5.41, 5.74) is 13.5. The molecule has 4 nitrogen and oxygen atoms in total. The van der Waals surface area contributed by atoms with E-state index in [9.17, 15) is 0 Å². The Balaban J connectivity index is 1.12.